The fourth-order valence-corrected chi connectivity index (χ4v) is 4.03. The number of rotatable bonds is 3. The molecule has 1 aromatic heterocycles. The van der Waals surface area contributed by atoms with Crippen LogP contribution in [0.3, 0.4) is 0 Å². The summed E-state index contributed by atoms with van der Waals surface area (Å²) in [4.78, 5) is 26.0. The lowest BCUT2D eigenvalue weighted by atomic mass is 9.98. The maximum atomic E-state index is 12.5. The molecule has 0 radical (unpaired) electrons. The summed E-state index contributed by atoms with van der Waals surface area (Å²) in [6, 6.07) is 2.05. The summed E-state index contributed by atoms with van der Waals surface area (Å²) in [7, 11) is 0. The number of thioether (sulfide) groups is 1. The quantitative estimate of drug-likeness (QED) is 0.848. The van der Waals surface area contributed by atoms with E-state index in [0.717, 1.165) is 55.0 Å². The minimum atomic E-state index is 0.155. The molecule has 1 amide bonds. The summed E-state index contributed by atoms with van der Waals surface area (Å²) in [6.45, 7) is 5.48. The molecule has 118 valence electrons. The van der Waals surface area contributed by atoms with Gasteiger partial charge < -0.3 is 9.80 Å². The van der Waals surface area contributed by atoms with Gasteiger partial charge >= 0.3 is 0 Å². The van der Waals surface area contributed by atoms with E-state index in [9.17, 15) is 4.79 Å². The number of aryl methyl sites for hydroxylation is 1. The Morgan fingerprint density at radius 3 is 2.64 bits per heavy atom. The second-order valence-corrected chi connectivity index (χ2v) is 7.76. The zero-order valence-corrected chi connectivity index (χ0v) is 13.8. The molecule has 4 rings (SSSR count). The third-order valence-corrected chi connectivity index (χ3v) is 5.62. The lowest BCUT2D eigenvalue weighted by molar-refractivity contribution is -0.135. The predicted molar refractivity (Wildman–Crippen MR) is 88.4 cm³/mol. The van der Waals surface area contributed by atoms with E-state index in [1.54, 1.807) is 0 Å². The zero-order chi connectivity index (χ0) is 15.1. The molecule has 3 aliphatic rings. The highest BCUT2D eigenvalue weighted by Crippen LogP contribution is 2.39. The van der Waals surface area contributed by atoms with Gasteiger partial charge in [-0.25, -0.2) is 9.97 Å². The van der Waals surface area contributed by atoms with Crippen molar-refractivity contribution in [3.05, 3.63) is 17.6 Å². The Labute approximate surface area is 135 Å². The molecule has 1 aromatic rings. The molecular formula is C16H22N4OS. The second kappa shape index (κ2) is 5.72. The van der Waals surface area contributed by atoms with Crippen molar-refractivity contribution >= 4 is 23.5 Å². The SMILES string of the molecule is Cc1cc(N2CC(C(=O)N3CCSCC3)C2)nc(C2CC2)n1. The molecule has 2 aliphatic heterocycles. The molecule has 5 nitrogen and oxygen atoms in total. The van der Waals surface area contributed by atoms with E-state index in [4.69, 9.17) is 4.98 Å². The van der Waals surface area contributed by atoms with Gasteiger partial charge in [-0.2, -0.15) is 11.8 Å². The topological polar surface area (TPSA) is 49.3 Å². The van der Waals surface area contributed by atoms with Gasteiger partial charge in [0.25, 0.3) is 0 Å². The summed E-state index contributed by atoms with van der Waals surface area (Å²) in [6.07, 6.45) is 2.44. The largest absolute Gasteiger partial charge is 0.355 e. The molecule has 0 N–H and O–H groups in total. The first-order chi connectivity index (χ1) is 10.7. The van der Waals surface area contributed by atoms with Crippen LogP contribution in [0.4, 0.5) is 5.82 Å². The molecule has 0 aromatic carbocycles. The molecule has 3 heterocycles. The maximum absolute atomic E-state index is 12.5. The maximum Gasteiger partial charge on any atom is 0.229 e. The molecule has 0 atom stereocenters. The van der Waals surface area contributed by atoms with Crippen molar-refractivity contribution in [3.63, 3.8) is 0 Å². The van der Waals surface area contributed by atoms with Crippen molar-refractivity contribution in [1.29, 1.82) is 0 Å². The zero-order valence-electron chi connectivity index (χ0n) is 13.0. The van der Waals surface area contributed by atoms with E-state index in [1.165, 1.54) is 12.8 Å². The van der Waals surface area contributed by atoms with Crippen molar-refractivity contribution in [1.82, 2.24) is 14.9 Å². The van der Waals surface area contributed by atoms with Crippen molar-refractivity contribution in [2.45, 2.75) is 25.7 Å². The van der Waals surface area contributed by atoms with Gasteiger partial charge in [-0.3, -0.25) is 4.79 Å². The van der Waals surface area contributed by atoms with Gasteiger partial charge in [0.05, 0.1) is 5.92 Å². The van der Waals surface area contributed by atoms with Crippen LogP contribution in [0.1, 0.15) is 30.3 Å². The Kier molecular flexibility index (Phi) is 3.72. The Bertz CT molecular complexity index is 578. The standard InChI is InChI=1S/C16H22N4OS/c1-11-8-14(18-15(17-11)12-2-3-12)20-9-13(10-20)16(21)19-4-6-22-7-5-19/h8,12-13H,2-7,9-10H2,1H3. The first kappa shape index (κ1) is 14.3. The molecule has 0 spiro atoms. The van der Waals surface area contributed by atoms with Gasteiger partial charge in [0.2, 0.25) is 5.91 Å². The van der Waals surface area contributed by atoms with Crippen molar-refractivity contribution in [3.8, 4) is 0 Å². The fraction of sp³-hybridized carbons (Fsp3) is 0.688. The average Bonchev–Trinajstić information content (AvgIpc) is 3.30. The highest BCUT2D eigenvalue weighted by molar-refractivity contribution is 7.99. The summed E-state index contributed by atoms with van der Waals surface area (Å²) >= 11 is 1.94. The van der Waals surface area contributed by atoms with Gasteiger partial charge in [0.15, 0.2) is 0 Å². The van der Waals surface area contributed by atoms with Crippen LogP contribution in [-0.4, -0.2) is 58.5 Å². The molecule has 22 heavy (non-hydrogen) atoms. The predicted octanol–water partition coefficient (Wildman–Crippen LogP) is 1.67. The second-order valence-electron chi connectivity index (χ2n) is 6.54. The summed E-state index contributed by atoms with van der Waals surface area (Å²) in [5, 5.41) is 0. The summed E-state index contributed by atoms with van der Waals surface area (Å²) < 4.78 is 0. The third kappa shape index (κ3) is 2.81. The van der Waals surface area contributed by atoms with E-state index < -0.39 is 0 Å². The fourth-order valence-electron chi connectivity index (χ4n) is 3.12. The Morgan fingerprint density at radius 1 is 1.23 bits per heavy atom. The van der Waals surface area contributed by atoms with Gasteiger partial charge in [-0.1, -0.05) is 0 Å². The summed E-state index contributed by atoms with van der Waals surface area (Å²) in [5.41, 5.74) is 1.04. The monoisotopic (exact) mass is 318 g/mol. The van der Waals surface area contributed by atoms with E-state index >= 15 is 0 Å². The van der Waals surface area contributed by atoms with Gasteiger partial charge in [-0.15, -0.1) is 0 Å². The van der Waals surface area contributed by atoms with Gasteiger partial charge in [0, 0.05) is 55.4 Å². The van der Waals surface area contributed by atoms with Crippen molar-refractivity contribution in [2.24, 2.45) is 5.92 Å². The molecule has 0 bridgehead atoms. The van der Waals surface area contributed by atoms with Crippen LogP contribution in [0.15, 0.2) is 6.07 Å². The first-order valence-electron chi connectivity index (χ1n) is 8.18. The molecule has 2 saturated heterocycles. The lowest BCUT2D eigenvalue weighted by Crippen LogP contribution is -2.56. The number of hydrogen-bond donors (Lipinski definition) is 0. The number of anilines is 1. The van der Waals surface area contributed by atoms with Crippen LogP contribution in [0.5, 0.6) is 0 Å². The number of nitrogens with zero attached hydrogens (tertiary/aromatic N) is 4. The minimum absolute atomic E-state index is 0.155. The van der Waals surface area contributed by atoms with E-state index in [0.29, 0.717) is 11.8 Å². The van der Waals surface area contributed by atoms with Crippen LogP contribution >= 0.6 is 11.8 Å². The molecule has 1 aliphatic carbocycles. The number of hydrogen-bond acceptors (Lipinski definition) is 5. The Hall–Kier alpha value is -1.30. The van der Waals surface area contributed by atoms with E-state index in [2.05, 4.69) is 9.88 Å². The molecular weight excluding hydrogens is 296 g/mol. The van der Waals surface area contributed by atoms with Crippen molar-refractivity contribution < 1.29 is 4.79 Å². The van der Waals surface area contributed by atoms with Crippen LogP contribution in [0.2, 0.25) is 0 Å². The molecule has 0 unspecified atom stereocenters. The molecule has 6 heteroatoms. The van der Waals surface area contributed by atoms with Crippen LogP contribution in [0.25, 0.3) is 0 Å². The molecule has 1 saturated carbocycles. The summed E-state index contributed by atoms with van der Waals surface area (Å²) in [5.74, 6) is 5.23. The number of carbonyl (C=O) groups is 1. The van der Waals surface area contributed by atoms with E-state index in [-0.39, 0.29) is 5.92 Å². The first-order valence-corrected chi connectivity index (χ1v) is 9.33. The Morgan fingerprint density at radius 2 is 1.95 bits per heavy atom. The third-order valence-electron chi connectivity index (χ3n) is 4.68. The van der Waals surface area contributed by atoms with Crippen LogP contribution in [0, 0.1) is 12.8 Å². The van der Waals surface area contributed by atoms with Gasteiger partial charge in [0.1, 0.15) is 11.6 Å². The smallest absolute Gasteiger partial charge is 0.229 e. The highest BCUT2D eigenvalue weighted by Gasteiger charge is 2.37. The Balaban J connectivity index is 1.39. The number of aromatic nitrogens is 2. The normalized spacial score (nSPS) is 22.6. The van der Waals surface area contributed by atoms with E-state index in [1.807, 2.05) is 29.7 Å². The van der Waals surface area contributed by atoms with Crippen LogP contribution in [-0.2, 0) is 4.79 Å². The van der Waals surface area contributed by atoms with Gasteiger partial charge in [-0.05, 0) is 19.8 Å². The lowest BCUT2D eigenvalue weighted by Gasteiger charge is -2.42. The van der Waals surface area contributed by atoms with Crippen LogP contribution < -0.4 is 4.90 Å². The highest BCUT2D eigenvalue weighted by atomic mass is 32.2. The minimum Gasteiger partial charge on any atom is -0.355 e. The number of amides is 1. The van der Waals surface area contributed by atoms with Crippen molar-refractivity contribution in [2.75, 3.05) is 42.6 Å². The molecule has 3 fully saturated rings. The average molecular weight is 318 g/mol. The number of carbonyl (C=O) groups excluding carboxylic acids is 1.